The average Bonchev–Trinajstić information content (AvgIpc) is 3.13. The maximum atomic E-state index is 13.6. The van der Waals surface area contributed by atoms with E-state index in [0.29, 0.717) is 43.7 Å². The van der Waals surface area contributed by atoms with Crippen LogP contribution >= 0.6 is 0 Å². The third-order valence-electron chi connectivity index (χ3n) is 8.07. The topological polar surface area (TPSA) is 141 Å². The maximum absolute atomic E-state index is 13.6. The summed E-state index contributed by atoms with van der Waals surface area (Å²) in [6.45, 7) is 2.80. The molecule has 1 saturated carbocycles. The Labute approximate surface area is 217 Å². The number of fused-ring (bicyclic) bond motifs is 2. The SMILES string of the molecule is CCC(=N)/C(=C\O)C(=O)NC(C(=O)Nc1ccc2c(c1)NC(=O)C21CCOCC1)C1CCCCCCC1. The van der Waals surface area contributed by atoms with E-state index in [9.17, 15) is 19.5 Å². The Balaban J connectivity index is 1.55. The Morgan fingerprint density at radius 1 is 1.19 bits per heavy atom. The van der Waals surface area contributed by atoms with Gasteiger partial charge in [0.15, 0.2) is 0 Å². The summed E-state index contributed by atoms with van der Waals surface area (Å²) in [5.74, 6) is -1.06. The van der Waals surface area contributed by atoms with E-state index in [4.69, 9.17) is 10.1 Å². The van der Waals surface area contributed by atoms with Crippen LogP contribution in [0.4, 0.5) is 11.4 Å². The van der Waals surface area contributed by atoms with Gasteiger partial charge in [-0.2, -0.15) is 0 Å². The first kappa shape index (κ1) is 26.9. The summed E-state index contributed by atoms with van der Waals surface area (Å²) in [7, 11) is 0. The van der Waals surface area contributed by atoms with Crippen molar-refractivity contribution in [2.24, 2.45) is 5.92 Å². The Morgan fingerprint density at radius 3 is 2.51 bits per heavy atom. The molecule has 0 aromatic heterocycles. The number of amides is 3. The number of ether oxygens (including phenoxy) is 1. The van der Waals surface area contributed by atoms with E-state index in [-0.39, 0.29) is 35.4 Å². The number of hydrogen-bond donors (Lipinski definition) is 5. The van der Waals surface area contributed by atoms with Gasteiger partial charge in [0.2, 0.25) is 11.8 Å². The molecule has 3 aliphatic rings. The molecule has 9 heteroatoms. The Morgan fingerprint density at radius 2 is 1.86 bits per heavy atom. The standard InChI is InChI=1S/C28H38N4O5/c1-2-22(29)20(17-33)25(34)32-24(18-8-6-4-3-5-7-9-18)26(35)30-19-10-11-21-23(16-19)31-27(36)28(21)12-14-37-15-13-28/h10-11,16-18,24,29,33H,2-9,12-15H2,1H3,(H,30,35)(H,31,36)(H,32,34)/b20-17+,29-22?. The zero-order valence-electron chi connectivity index (χ0n) is 21.5. The van der Waals surface area contributed by atoms with Crippen molar-refractivity contribution in [1.82, 2.24) is 5.32 Å². The zero-order valence-corrected chi connectivity index (χ0v) is 21.5. The van der Waals surface area contributed by atoms with Crippen molar-refractivity contribution < 1.29 is 24.2 Å². The van der Waals surface area contributed by atoms with Gasteiger partial charge in [-0.3, -0.25) is 14.4 Å². The van der Waals surface area contributed by atoms with Gasteiger partial charge in [0.1, 0.15) is 6.04 Å². The monoisotopic (exact) mass is 510 g/mol. The quantitative estimate of drug-likeness (QED) is 0.211. The normalized spacial score (nSPS) is 20.8. The van der Waals surface area contributed by atoms with Crippen LogP contribution in [-0.4, -0.2) is 47.8 Å². The van der Waals surface area contributed by atoms with E-state index in [0.717, 1.165) is 44.1 Å². The third kappa shape index (κ3) is 5.71. The number of carbonyl (C=O) groups excluding carboxylic acids is 3. The van der Waals surface area contributed by atoms with Gasteiger partial charge in [0.05, 0.1) is 17.3 Å². The van der Waals surface area contributed by atoms with E-state index in [1.807, 2.05) is 6.07 Å². The van der Waals surface area contributed by atoms with Crippen LogP contribution in [0.15, 0.2) is 30.0 Å². The van der Waals surface area contributed by atoms with E-state index >= 15 is 0 Å². The van der Waals surface area contributed by atoms with Crippen molar-refractivity contribution in [3.05, 3.63) is 35.6 Å². The lowest BCUT2D eigenvalue weighted by Crippen LogP contribution is -2.49. The molecule has 1 saturated heterocycles. The van der Waals surface area contributed by atoms with Gasteiger partial charge >= 0.3 is 0 Å². The minimum Gasteiger partial charge on any atom is -0.515 e. The van der Waals surface area contributed by atoms with E-state index < -0.39 is 17.4 Å². The molecule has 0 bridgehead atoms. The van der Waals surface area contributed by atoms with Gasteiger partial charge in [-0.25, -0.2) is 0 Å². The number of anilines is 2. The minimum absolute atomic E-state index is 0.00762. The lowest BCUT2D eigenvalue weighted by Gasteiger charge is -2.31. The minimum atomic E-state index is -0.810. The molecular formula is C28H38N4O5. The lowest BCUT2D eigenvalue weighted by atomic mass is 9.75. The Bertz CT molecular complexity index is 1070. The molecule has 2 fully saturated rings. The molecular weight excluding hydrogens is 472 g/mol. The fourth-order valence-corrected chi connectivity index (χ4v) is 5.84. The lowest BCUT2D eigenvalue weighted by molar-refractivity contribution is -0.125. The summed E-state index contributed by atoms with van der Waals surface area (Å²) in [5.41, 5.74) is 1.46. The van der Waals surface area contributed by atoms with Crippen LogP contribution in [0, 0.1) is 11.3 Å². The highest BCUT2D eigenvalue weighted by molar-refractivity contribution is 6.20. The molecule has 1 aromatic rings. The van der Waals surface area contributed by atoms with Gasteiger partial charge in [0, 0.05) is 30.3 Å². The first-order valence-electron chi connectivity index (χ1n) is 13.5. The molecule has 2 heterocycles. The van der Waals surface area contributed by atoms with Gasteiger partial charge in [-0.05, 0) is 55.7 Å². The highest BCUT2D eigenvalue weighted by atomic mass is 16.5. The molecule has 9 nitrogen and oxygen atoms in total. The molecule has 5 N–H and O–H groups in total. The largest absolute Gasteiger partial charge is 0.515 e. The van der Waals surface area contributed by atoms with Crippen molar-refractivity contribution in [3.8, 4) is 0 Å². The number of aliphatic hydroxyl groups excluding tert-OH is 1. The highest BCUT2D eigenvalue weighted by Gasteiger charge is 2.47. The number of hydrogen-bond acceptors (Lipinski definition) is 6. The smallest absolute Gasteiger partial charge is 0.256 e. The number of aliphatic hydroxyl groups is 1. The number of carbonyl (C=O) groups is 3. The predicted octanol–water partition coefficient (Wildman–Crippen LogP) is 4.34. The van der Waals surface area contributed by atoms with E-state index in [1.54, 1.807) is 19.1 Å². The van der Waals surface area contributed by atoms with Gasteiger partial charge in [-0.1, -0.05) is 45.1 Å². The van der Waals surface area contributed by atoms with Crippen LogP contribution in [-0.2, 0) is 24.5 Å². The number of rotatable bonds is 7. The van der Waals surface area contributed by atoms with Crippen molar-refractivity contribution in [2.45, 2.75) is 82.6 Å². The Kier molecular flexibility index (Phi) is 8.63. The maximum Gasteiger partial charge on any atom is 0.256 e. The van der Waals surface area contributed by atoms with Crippen molar-refractivity contribution >= 4 is 34.8 Å². The summed E-state index contributed by atoms with van der Waals surface area (Å²) < 4.78 is 5.47. The van der Waals surface area contributed by atoms with Crippen molar-refractivity contribution in [1.29, 1.82) is 5.41 Å². The van der Waals surface area contributed by atoms with Crippen LogP contribution in [0.5, 0.6) is 0 Å². The predicted molar refractivity (Wildman–Crippen MR) is 142 cm³/mol. The Hall–Kier alpha value is -3.20. The van der Waals surface area contributed by atoms with Crippen LogP contribution in [0.25, 0.3) is 0 Å². The highest BCUT2D eigenvalue weighted by Crippen LogP contribution is 2.45. The molecule has 1 aromatic carbocycles. The molecule has 1 spiro atoms. The first-order valence-corrected chi connectivity index (χ1v) is 13.5. The molecule has 4 rings (SSSR count). The summed E-state index contributed by atoms with van der Waals surface area (Å²) >= 11 is 0. The molecule has 37 heavy (non-hydrogen) atoms. The van der Waals surface area contributed by atoms with Crippen LogP contribution in [0.1, 0.15) is 76.7 Å². The fraction of sp³-hybridized carbons (Fsp3) is 0.571. The molecule has 1 atom stereocenters. The third-order valence-corrected chi connectivity index (χ3v) is 8.07. The van der Waals surface area contributed by atoms with Crippen LogP contribution in [0.3, 0.4) is 0 Å². The molecule has 2 aliphatic heterocycles. The van der Waals surface area contributed by atoms with Crippen LogP contribution in [0.2, 0.25) is 0 Å². The van der Waals surface area contributed by atoms with Gasteiger partial charge in [0.25, 0.3) is 5.91 Å². The zero-order chi connectivity index (χ0) is 26.4. The van der Waals surface area contributed by atoms with E-state index in [1.165, 1.54) is 6.42 Å². The molecule has 1 aliphatic carbocycles. The van der Waals surface area contributed by atoms with Crippen molar-refractivity contribution in [2.75, 3.05) is 23.8 Å². The second-order valence-electron chi connectivity index (χ2n) is 10.3. The second kappa shape index (κ2) is 11.9. The second-order valence-corrected chi connectivity index (χ2v) is 10.3. The van der Waals surface area contributed by atoms with Gasteiger partial charge < -0.3 is 31.2 Å². The average molecular weight is 511 g/mol. The molecule has 3 amide bonds. The number of nitrogens with one attached hydrogen (secondary N) is 4. The first-order chi connectivity index (χ1) is 17.9. The number of benzene rings is 1. The molecule has 0 radical (unpaired) electrons. The van der Waals surface area contributed by atoms with Gasteiger partial charge in [-0.15, -0.1) is 0 Å². The summed E-state index contributed by atoms with van der Waals surface area (Å²) in [5, 5.41) is 26.3. The molecule has 1 unspecified atom stereocenters. The summed E-state index contributed by atoms with van der Waals surface area (Å²) in [6, 6.07) is 4.66. The summed E-state index contributed by atoms with van der Waals surface area (Å²) in [6.07, 6.45) is 9.13. The summed E-state index contributed by atoms with van der Waals surface area (Å²) in [4.78, 5) is 39.4. The fourth-order valence-electron chi connectivity index (χ4n) is 5.84. The van der Waals surface area contributed by atoms with Crippen molar-refractivity contribution in [3.63, 3.8) is 0 Å². The molecule has 200 valence electrons. The van der Waals surface area contributed by atoms with Crippen LogP contribution < -0.4 is 16.0 Å². The van der Waals surface area contributed by atoms with E-state index in [2.05, 4.69) is 16.0 Å².